The third-order valence-corrected chi connectivity index (χ3v) is 5.24. The molecule has 7 heteroatoms. The van der Waals surface area contributed by atoms with Crippen LogP contribution in [0.3, 0.4) is 0 Å². The van der Waals surface area contributed by atoms with Gasteiger partial charge in [-0.15, -0.1) is 0 Å². The zero-order valence-corrected chi connectivity index (χ0v) is 17.1. The van der Waals surface area contributed by atoms with Crippen molar-refractivity contribution in [2.45, 2.75) is 20.8 Å². The summed E-state index contributed by atoms with van der Waals surface area (Å²) in [5.41, 5.74) is 3.39. The van der Waals surface area contributed by atoms with Crippen molar-refractivity contribution in [1.29, 1.82) is 0 Å². The number of hydrogen-bond acceptors (Lipinski definition) is 6. The zero-order chi connectivity index (χ0) is 19.9. The number of hydrogen-bond donors (Lipinski definition) is 1. The standard InChI is InChI=1S/C21H30N6O/c1-4-25(5-2)18-7-8-19(17(3)15-18)24-16-20(28)26-11-13-27(14-12-26)21-22-9-6-10-23-21/h6-10,15,24H,4-5,11-14,16H2,1-3H3. The first-order valence-corrected chi connectivity index (χ1v) is 10.0. The molecule has 2 heterocycles. The van der Waals surface area contributed by atoms with Crippen LogP contribution in [0, 0.1) is 6.92 Å². The van der Waals surface area contributed by atoms with Crippen LogP contribution in [0.15, 0.2) is 36.7 Å². The number of benzene rings is 1. The monoisotopic (exact) mass is 382 g/mol. The van der Waals surface area contributed by atoms with E-state index in [0.29, 0.717) is 19.6 Å². The molecule has 0 atom stereocenters. The molecular weight excluding hydrogens is 352 g/mol. The highest BCUT2D eigenvalue weighted by molar-refractivity contribution is 5.81. The number of nitrogens with zero attached hydrogens (tertiary/aromatic N) is 5. The van der Waals surface area contributed by atoms with Crippen molar-refractivity contribution in [1.82, 2.24) is 14.9 Å². The van der Waals surface area contributed by atoms with Gasteiger partial charge in [-0.1, -0.05) is 0 Å². The number of nitrogens with one attached hydrogen (secondary N) is 1. The molecule has 1 aromatic heterocycles. The van der Waals surface area contributed by atoms with Crippen LogP contribution < -0.4 is 15.1 Å². The fourth-order valence-electron chi connectivity index (χ4n) is 3.52. The maximum absolute atomic E-state index is 12.6. The Labute approximate surface area is 167 Å². The summed E-state index contributed by atoms with van der Waals surface area (Å²) in [7, 11) is 0. The first-order chi connectivity index (χ1) is 13.6. The number of aromatic nitrogens is 2. The van der Waals surface area contributed by atoms with E-state index in [9.17, 15) is 4.79 Å². The first kappa shape index (κ1) is 19.9. The predicted molar refractivity (Wildman–Crippen MR) is 114 cm³/mol. The van der Waals surface area contributed by atoms with E-state index in [1.54, 1.807) is 12.4 Å². The van der Waals surface area contributed by atoms with Gasteiger partial charge in [0, 0.05) is 63.0 Å². The second kappa shape index (κ2) is 9.39. The summed E-state index contributed by atoms with van der Waals surface area (Å²) in [6, 6.07) is 8.18. The van der Waals surface area contributed by atoms with E-state index in [1.165, 1.54) is 5.69 Å². The molecule has 3 rings (SSSR count). The molecule has 0 unspecified atom stereocenters. The van der Waals surface area contributed by atoms with E-state index in [2.05, 4.69) is 64.1 Å². The molecule has 28 heavy (non-hydrogen) atoms. The van der Waals surface area contributed by atoms with Crippen molar-refractivity contribution in [3.05, 3.63) is 42.2 Å². The molecule has 0 radical (unpaired) electrons. The first-order valence-electron chi connectivity index (χ1n) is 10.0. The molecule has 0 aliphatic carbocycles. The fourth-order valence-corrected chi connectivity index (χ4v) is 3.52. The number of anilines is 3. The molecule has 2 aromatic rings. The number of amides is 1. The van der Waals surface area contributed by atoms with Crippen molar-refractivity contribution < 1.29 is 4.79 Å². The molecule has 1 N–H and O–H groups in total. The number of carbonyl (C=O) groups excluding carboxylic acids is 1. The van der Waals surface area contributed by atoms with Gasteiger partial charge in [0.2, 0.25) is 11.9 Å². The Bertz CT molecular complexity index is 770. The average molecular weight is 383 g/mol. The number of carbonyl (C=O) groups is 1. The van der Waals surface area contributed by atoms with Crippen LogP contribution in [0.25, 0.3) is 0 Å². The highest BCUT2D eigenvalue weighted by Gasteiger charge is 2.22. The largest absolute Gasteiger partial charge is 0.376 e. The molecule has 1 aromatic carbocycles. The highest BCUT2D eigenvalue weighted by Crippen LogP contribution is 2.22. The Balaban J connectivity index is 1.51. The smallest absolute Gasteiger partial charge is 0.241 e. The van der Waals surface area contributed by atoms with Crippen LogP contribution in [0.1, 0.15) is 19.4 Å². The minimum atomic E-state index is 0.126. The summed E-state index contributed by atoms with van der Waals surface area (Å²) in [5, 5.41) is 3.31. The predicted octanol–water partition coefficient (Wildman–Crippen LogP) is 2.39. The zero-order valence-electron chi connectivity index (χ0n) is 17.1. The Kier molecular flexibility index (Phi) is 6.68. The molecule has 1 aliphatic rings. The quantitative estimate of drug-likeness (QED) is 0.793. The molecule has 0 spiro atoms. The Morgan fingerprint density at radius 3 is 2.39 bits per heavy atom. The van der Waals surface area contributed by atoms with Gasteiger partial charge >= 0.3 is 0 Å². The lowest BCUT2D eigenvalue weighted by Gasteiger charge is -2.34. The minimum Gasteiger partial charge on any atom is -0.376 e. The maximum atomic E-state index is 12.6. The summed E-state index contributed by atoms with van der Waals surface area (Å²) in [4.78, 5) is 27.5. The fraction of sp³-hybridized carbons (Fsp3) is 0.476. The summed E-state index contributed by atoms with van der Waals surface area (Å²) >= 11 is 0. The van der Waals surface area contributed by atoms with Gasteiger partial charge in [-0.2, -0.15) is 0 Å². The van der Waals surface area contributed by atoms with E-state index in [0.717, 1.165) is 43.4 Å². The van der Waals surface area contributed by atoms with Crippen LogP contribution in [0.2, 0.25) is 0 Å². The van der Waals surface area contributed by atoms with Gasteiger partial charge in [-0.25, -0.2) is 9.97 Å². The molecule has 1 amide bonds. The van der Waals surface area contributed by atoms with Gasteiger partial charge in [-0.3, -0.25) is 4.79 Å². The Morgan fingerprint density at radius 2 is 1.79 bits per heavy atom. The van der Waals surface area contributed by atoms with Crippen LogP contribution in [0.4, 0.5) is 17.3 Å². The summed E-state index contributed by atoms with van der Waals surface area (Å²) in [6.07, 6.45) is 3.50. The lowest BCUT2D eigenvalue weighted by atomic mass is 10.1. The number of rotatable bonds is 7. The normalized spacial score (nSPS) is 14.1. The second-order valence-electron chi connectivity index (χ2n) is 6.94. The SMILES string of the molecule is CCN(CC)c1ccc(NCC(=O)N2CCN(c3ncccn3)CC2)c(C)c1. The van der Waals surface area contributed by atoms with Crippen molar-refractivity contribution in [2.24, 2.45) is 0 Å². The van der Waals surface area contributed by atoms with Crippen LogP contribution >= 0.6 is 0 Å². The van der Waals surface area contributed by atoms with E-state index in [-0.39, 0.29) is 5.91 Å². The second-order valence-corrected chi connectivity index (χ2v) is 6.94. The topological polar surface area (TPSA) is 64.6 Å². The molecule has 150 valence electrons. The lowest BCUT2D eigenvalue weighted by Crippen LogP contribution is -2.50. The van der Waals surface area contributed by atoms with Crippen molar-refractivity contribution in [3.8, 4) is 0 Å². The van der Waals surface area contributed by atoms with Crippen molar-refractivity contribution >= 4 is 23.2 Å². The van der Waals surface area contributed by atoms with E-state index >= 15 is 0 Å². The van der Waals surface area contributed by atoms with Crippen molar-refractivity contribution in [3.63, 3.8) is 0 Å². The lowest BCUT2D eigenvalue weighted by molar-refractivity contribution is -0.129. The number of piperazine rings is 1. The van der Waals surface area contributed by atoms with Crippen LogP contribution in [0.5, 0.6) is 0 Å². The Hall–Kier alpha value is -2.83. The van der Waals surface area contributed by atoms with Crippen LogP contribution in [-0.2, 0) is 4.79 Å². The molecule has 1 saturated heterocycles. The Morgan fingerprint density at radius 1 is 1.11 bits per heavy atom. The maximum Gasteiger partial charge on any atom is 0.241 e. The molecule has 0 saturated carbocycles. The summed E-state index contributed by atoms with van der Waals surface area (Å²) in [6.45, 7) is 11.6. The van der Waals surface area contributed by atoms with E-state index < -0.39 is 0 Å². The summed E-state index contributed by atoms with van der Waals surface area (Å²) < 4.78 is 0. The van der Waals surface area contributed by atoms with Gasteiger partial charge in [-0.05, 0) is 50.6 Å². The number of aryl methyl sites for hydroxylation is 1. The minimum absolute atomic E-state index is 0.126. The van der Waals surface area contributed by atoms with Crippen molar-refractivity contribution in [2.75, 3.05) is 60.9 Å². The molecular formula is C21H30N6O. The molecule has 0 bridgehead atoms. The van der Waals surface area contributed by atoms with Gasteiger partial charge < -0.3 is 20.0 Å². The average Bonchev–Trinajstić information content (AvgIpc) is 2.74. The molecule has 1 fully saturated rings. The van der Waals surface area contributed by atoms with Crippen LogP contribution in [-0.4, -0.2) is 66.6 Å². The third-order valence-electron chi connectivity index (χ3n) is 5.24. The van der Waals surface area contributed by atoms with Gasteiger partial charge in [0.25, 0.3) is 0 Å². The van der Waals surface area contributed by atoms with E-state index in [4.69, 9.17) is 0 Å². The molecule has 7 nitrogen and oxygen atoms in total. The van der Waals surface area contributed by atoms with E-state index in [1.807, 2.05) is 11.0 Å². The highest BCUT2D eigenvalue weighted by atomic mass is 16.2. The molecule has 1 aliphatic heterocycles. The van der Waals surface area contributed by atoms with Gasteiger partial charge in [0.05, 0.1) is 6.54 Å². The summed E-state index contributed by atoms with van der Waals surface area (Å²) in [5.74, 6) is 0.859. The van der Waals surface area contributed by atoms with Gasteiger partial charge in [0.1, 0.15) is 0 Å². The van der Waals surface area contributed by atoms with Gasteiger partial charge in [0.15, 0.2) is 0 Å². The third kappa shape index (κ3) is 4.71.